The molecule has 0 bridgehead atoms. The third-order valence-electron chi connectivity index (χ3n) is 5.64. The molecule has 0 saturated carbocycles. The molecule has 0 aliphatic carbocycles. The average Bonchev–Trinajstić information content (AvgIpc) is 2.64. The van der Waals surface area contributed by atoms with E-state index < -0.39 is 0 Å². The van der Waals surface area contributed by atoms with Crippen LogP contribution in [0.15, 0.2) is 30.3 Å². The summed E-state index contributed by atoms with van der Waals surface area (Å²) in [5.41, 5.74) is 2.69. The van der Waals surface area contributed by atoms with Gasteiger partial charge in [0.1, 0.15) is 5.76 Å². The first-order chi connectivity index (χ1) is 13.3. The van der Waals surface area contributed by atoms with Gasteiger partial charge in [-0.05, 0) is 36.0 Å². The first-order valence-corrected chi connectivity index (χ1v) is 11.3. The Morgan fingerprint density at radius 1 is 1.04 bits per heavy atom. The van der Waals surface area contributed by atoms with E-state index in [1.807, 2.05) is 12.1 Å². The van der Waals surface area contributed by atoms with Crippen molar-refractivity contribution in [2.75, 3.05) is 25.6 Å². The van der Waals surface area contributed by atoms with Crippen molar-refractivity contribution in [1.29, 1.82) is 0 Å². The van der Waals surface area contributed by atoms with Gasteiger partial charge in [-0.2, -0.15) is 0 Å². The van der Waals surface area contributed by atoms with Crippen LogP contribution in [0, 0.1) is 11.3 Å². The van der Waals surface area contributed by atoms with Crippen LogP contribution in [0.3, 0.4) is 0 Å². The molecule has 1 atom stereocenters. The van der Waals surface area contributed by atoms with Gasteiger partial charge >= 0.3 is 0 Å². The second kappa shape index (κ2) is 13.0. The Bertz CT molecular complexity index is 601. The lowest BCUT2D eigenvalue weighted by Crippen LogP contribution is -2.16. The van der Waals surface area contributed by atoms with Gasteiger partial charge in [0.15, 0.2) is 0 Å². The van der Waals surface area contributed by atoms with Gasteiger partial charge in [0.25, 0.3) is 0 Å². The number of ether oxygens (including phenoxy) is 1. The Morgan fingerprint density at radius 3 is 2.25 bits per heavy atom. The van der Waals surface area contributed by atoms with Gasteiger partial charge in [0, 0.05) is 30.7 Å². The number of hydrogen-bond donors (Lipinski definition) is 0. The Labute approximate surface area is 179 Å². The molecule has 28 heavy (non-hydrogen) atoms. The predicted octanol–water partition coefficient (Wildman–Crippen LogP) is 7.52. The first kappa shape index (κ1) is 24.7. The molecular formula is C25H41NOS. The minimum absolute atomic E-state index is 0.441. The fraction of sp³-hybridized carbons (Fsp3) is 0.640. The monoisotopic (exact) mass is 403 g/mol. The third kappa shape index (κ3) is 9.23. The van der Waals surface area contributed by atoms with Crippen molar-refractivity contribution in [3.05, 3.63) is 35.9 Å². The van der Waals surface area contributed by atoms with E-state index in [4.69, 9.17) is 17.0 Å². The Morgan fingerprint density at radius 2 is 1.64 bits per heavy atom. The topological polar surface area (TPSA) is 12.5 Å². The van der Waals surface area contributed by atoms with E-state index in [0.29, 0.717) is 5.41 Å². The molecule has 2 nitrogen and oxygen atoms in total. The molecule has 0 radical (unpaired) electrons. The molecule has 0 aliphatic rings. The lowest BCUT2D eigenvalue weighted by molar-refractivity contribution is 0.240. The molecule has 0 aromatic heterocycles. The van der Waals surface area contributed by atoms with E-state index >= 15 is 0 Å². The average molecular weight is 404 g/mol. The van der Waals surface area contributed by atoms with E-state index in [-0.39, 0.29) is 0 Å². The highest BCUT2D eigenvalue weighted by Gasteiger charge is 2.18. The van der Waals surface area contributed by atoms with Crippen molar-refractivity contribution < 1.29 is 4.74 Å². The molecule has 0 N–H and O–H groups in total. The highest BCUT2D eigenvalue weighted by atomic mass is 32.1. The molecule has 0 aliphatic heterocycles. The van der Waals surface area contributed by atoms with Crippen LogP contribution in [0.1, 0.15) is 78.2 Å². The zero-order valence-electron chi connectivity index (χ0n) is 19.0. The SMILES string of the molecule is CC(CCCCCCCCO/C(=C/C=S)c1ccccc1N(C)C)C(C)(C)C. The number of anilines is 1. The molecule has 0 amide bonds. The van der Waals surface area contributed by atoms with Crippen molar-refractivity contribution in [3.63, 3.8) is 0 Å². The van der Waals surface area contributed by atoms with Crippen molar-refractivity contribution in [2.24, 2.45) is 11.3 Å². The largest absolute Gasteiger partial charge is 0.493 e. The zero-order chi connectivity index (χ0) is 21.0. The maximum Gasteiger partial charge on any atom is 0.129 e. The summed E-state index contributed by atoms with van der Waals surface area (Å²) in [6.45, 7) is 10.2. The molecule has 1 aromatic rings. The molecular weight excluding hydrogens is 362 g/mol. The summed E-state index contributed by atoms with van der Waals surface area (Å²) < 4.78 is 6.09. The van der Waals surface area contributed by atoms with Gasteiger partial charge in [-0.3, -0.25) is 0 Å². The van der Waals surface area contributed by atoms with E-state index in [0.717, 1.165) is 36.0 Å². The normalized spacial score (nSPS) is 13.3. The number of rotatable bonds is 13. The Hall–Kier alpha value is -1.35. The zero-order valence-corrected chi connectivity index (χ0v) is 19.8. The van der Waals surface area contributed by atoms with Gasteiger partial charge < -0.3 is 9.64 Å². The summed E-state index contributed by atoms with van der Waals surface area (Å²) in [7, 11) is 4.10. The van der Waals surface area contributed by atoms with Crippen molar-refractivity contribution >= 4 is 29.0 Å². The summed E-state index contributed by atoms with van der Waals surface area (Å²) in [6.07, 6.45) is 10.9. The molecule has 0 spiro atoms. The van der Waals surface area contributed by atoms with Crippen molar-refractivity contribution in [1.82, 2.24) is 0 Å². The number of hydrogen-bond acceptors (Lipinski definition) is 3. The minimum Gasteiger partial charge on any atom is -0.493 e. The molecule has 0 saturated heterocycles. The van der Waals surface area contributed by atoms with Crippen LogP contribution >= 0.6 is 12.2 Å². The quantitative estimate of drug-likeness (QED) is 0.146. The summed E-state index contributed by atoms with van der Waals surface area (Å²) in [4.78, 5) is 2.11. The fourth-order valence-electron chi connectivity index (χ4n) is 3.22. The van der Waals surface area contributed by atoms with Crippen LogP contribution in [0.2, 0.25) is 0 Å². The Kier molecular flexibility index (Phi) is 11.4. The van der Waals surface area contributed by atoms with Crippen LogP contribution in [-0.2, 0) is 4.74 Å². The molecule has 1 rings (SSSR count). The fourth-order valence-corrected chi connectivity index (χ4v) is 3.35. The highest BCUT2D eigenvalue weighted by molar-refractivity contribution is 7.79. The summed E-state index contributed by atoms with van der Waals surface area (Å²) in [6, 6.07) is 8.30. The number of benzene rings is 1. The standard InChI is InChI=1S/C25H41NOS/c1-21(25(2,3)4)15-11-9-7-8-10-14-19-27-24(18-20-28)22-16-12-13-17-23(22)26(5)6/h12-13,16-18,20-21H,7-11,14-15,19H2,1-6H3/b24-18+. The molecule has 0 heterocycles. The molecule has 3 heteroatoms. The lowest BCUT2D eigenvalue weighted by Gasteiger charge is -2.27. The van der Waals surface area contributed by atoms with Gasteiger partial charge in [-0.25, -0.2) is 0 Å². The molecule has 0 fully saturated rings. The molecule has 1 aromatic carbocycles. The summed E-state index contributed by atoms with van der Waals surface area (Å²) in [5, 5.41) is 1.64. The maximum absolute atomic E-state index is 6.09. The highest BCUT2D eigenvalue weighted by Crippen LogP contribution is 2.30. The predicted molar refractivity (Wildman–Crippen MR) is 129 cm³/mol. The number of para-hydroxylation sites is 1. The van der Waals surface area contributed by atoms with E-state index in [9.17, 15) is 0 Å². The molecule has 1 unspecified atom stereocenters. The first-order valence-electron chi connectivity index (χ1n) is 10.8. The van der Waals surface area contributed by atoms with E-state index in [1.165, 1.54) is 38.5 Å². The summed E-state index contributed by atoms with van der Waals surface area (Å²) >= 11 is 5.04. The van der Waals surface area contributed by atoms with Crippen molar-refractivity contribution in [2.45, 2.75) is 72.6 Å². The van der Waals surface area contributed by atoms with Crippen LogP contribution in [0.5, 0.6) is 0 Å². The minimum atomic E-state index is 0.441. The smallest absolute Gasteiger partial charge is 0.129 e. The van der Waals surface area contributed by atoms with Crippen LogP contribution in [0.25, 0.3) is 5.76 Å². The second-order valence-corrected chi connectivity index (χ2v) is 9.38. The van der Waals surface area contributed by atoms with Crippen LogP contribution < -0.4 is 4.90 Å². The van der Waals surface area contributed by atoms with Crippen LogP contribution in [0.4, 0.5) is 5.69 Å². The lowest BCUT2D eigenvalue weighted by atomic mass is 9.79. The number of nitrogens with zero attached hydrogens (tertiary/aromatic N) is 1. The van der Waals surface area contributed by atoms with Crippen molar-refractivity contribution in [3.8, 4) is 0 Å². The number of thiocarbonyl (C=S) groups is 1. The second-order valence-electron chi connectivity index (χ2n) is 9.10. The Balaban J connectivity index is 2.29. The number of allylic oxidation sites excluding steroid dienone is 1. The van der Waals surface area contributed by atoms with Gasteiger partial charge in [0.2, 0.25) is 0 Å². The van der Waals surface area contributed by atoms with Gasteiger partial charge in [0.05, 0.1) is 6.61 Å². The summed E-state index contributed by atoms with van der Waals surface area (Å²) in [5.74, 6) is 1.67. The number of unbranched alkanes of at least 4 members (excludes halogenated alkanes) is 5. The van der Waals surface area contributed by atoms with Crippen LogP contribution in [-0.4, -0.2) is 26.1 Å². The van der Waals surface area contributed by atoms with Gasteiger partial charge in [-0.15, -0.1) is 0 Å². The van der Waals surface area contributed by atoms with E-state index in [2.05, 4.69) is 64.9 Å². The van der Waals surface area contributed by atoms with Gasteiger partial charge in [-0.1, -0.05) is 90.6 Å². The maximum atomic E-state index is 6.09. The third-order valence-corrected chi connectivity index (χ3v) is 5.77. The van der Waals surface area contributed by atoms with E-state index in [1.54, 1.807) is 5.37 Å². The molecule has 158 valence electrons.